The molecule has 0 fully saturated rings. The van der Waals surface area contributed by atoms with Crippen LogP contribution in [-0.2, 0) is 9.63 Å². The Morgan fingerprint density at radius 1 is 1.44 bits per heavy atom. The largest absolute Gasteiger partial charge is 0.277 e. The van der Waals surface area contributed by atoms with E-state index in [4.69, 9.17) is 0 Å². The Morgan fingerprint density at radius 2 is 2.12 bits per heavy atom. The third kappa shape index (κ3) is 4.58. The molecule has 3 nitrogen and oxygen atoms in total. The third-order valence-corrected chi connectivity index (χ3v) is 1.77. The second-order valence-electron chi connectivity index (χ2n) is 3.04. The Bertz CT molecular complexity index is 403. The molecule has 0 atom stereocenters. The Hall–Kier alpha value is -1.86. The average Bonchev–Trinajstić information content (AvgIpc) is 2.27. The molecule has 0 aliphatic rings. The number of rotatable bonds is 3. The molecule has 4 heteroatoms. The van der Waals surface area contributed by atoms with E-state index in [0.29, 0.717) is 6.42 Å². The quantitative estimate of drug-likeness (QED) is 0.622. The molecular weight excluding hydrogens is 209 g/mol. The second kappa shape index (κ2) is 6.59. The predicted molar refractivity (Wildman–Crippen MR) is 57.7 cm³/mol. The summed E-state index contributed by atoms with van der Waals surface area (Å²) in [6, 6.07) is 5.89. The normalized spacial score (nSPS) is 9.12. The van der Waals surface area contributed by atoms with Crippen molar-refractivity contribution in [3.05, 3.63) is 35.6 Å². The van der Waals surface area contributed by atoms with E-state index in [1.807, 2.05) is 0 Å². The van der Waals surface area contributed by atoms with Crippen LogP contribution in [0.4, 0.5) is 4.39 Å². The van der Waals surface area contributed by atoms with Crippen LogP contribution < -0.4 is 5.48 Å². The minimum absolute atomic E-state index is 0.212. The molecule has 1 rings (SSSR count). The van der Waals surface area contributed by atoms with Crippen molar-refractivity contribution in [1.82, 2.24) is 5.48 Å². The van der Waals surface area contributed by atoms with Crippen molar-refractivity contribution < 1.29 is 14.0 Å². The minimum atomic E-state index is -0.287. The standard InChI is InChI=1S/C12H12FNO2/c1-16-14-12(15)5-3-2-4-10-6-8-11(13)9-7-10/h6-9H,3,5H2,1H3,(H,14,15). The van der Waals surface area contributed by atoms with E-state index in [2.05, 4.69) is 22.2 Å². The molecule has 0 saturated heterocycles. The van der Waals surface area contributed by atoms with Crippen LogP contribution in [0.15, 0.2) is 24.3 Å². The van der Waals surface area contributed by atoms with E-state index in [1.165, 1.54) is 19.2 Å². The zero-order valence-electron chi connectivity index (χ0n) is 8.92. The lowest BCUT2D eigenvalue weighted by Gasteiger charge is -1.97. The Morgan fingerprint density at radius 3 is 2.75 bits per heavy atom. The van der Waals surface area contributed by atoms with Crippen LogP contribution in [0.25, 0.3) is 0 Å². The molecule has 16 heavy (non-hydrogen) atoms. The lowest BCUT2D eigenvalue weighted by molar-refractivity contribution is -0.131. The maximum absolute atomic E-state index is 12.6. The Kier molecular flexibility index (Phi) is 5.03. The molecular formula is C12H12FNO2. The topological polar surface area (TPSA) is 38.3 Å². The summed E-state index contributed by atoms with van der Waals surface area (Å²) in [6.07, 6.45) is 0.717. The van der Waals surface area contributed by atoms with Gasteiger partial charge < -0.3 is 0 Å². The molecule has 1 amide bonds. The van der Waals surface area contributed by atoms with Crippen molar-refractivity contribution >= 4 is 5.91 Å². The molecule has 84 valence electrons. The highest BCUT2D eigenvalue weighted by Crippen LogP contribution is 2.00. The van der Waals surface area contributed by atoms with Crippen LogP contribution in [0, 0.1) is 17.7 Å². The number of carbonyl (C=O) groups excluding carboxylic acids is 1. The lowest BCUT2D eigenvalue weighted by Crippen LogP contribution is -2.20. The van der Waals surface area contributed by atoms with Gasteiger partial charge in [0.2, 0.25) is 5.91 Å². The van der Waals surface area contributed by atoms with E-state index in [-0.39, 0.29) is 18.1 Å². The average molecular weight is 221 g/mol. The molecule has 0 bridgehead atoms. The van der Waals surface area contributed by atoms with Crippen LogP contribution in [0.5, 0.6) is 0 Å². The van der Waals surface area contributed by atoms with Gasteiger partial charge in [0.15, 0.2) is 0 Å². The van der Waals surface area contributed by atoms with Gasteiger partial charge in [0.05, 0.1) is 7.11 Å². The number of carbonyl (C=O) groups is 1. The number of halogens is 1. The van der Waals surface area contributed by atoms with Crippen molar-refractivity contribution in [2.75, 3.05) is 7.11 Å². The highest BCUT2D eigenvalue weighted by atomic mass is 19.1. The summed E-state index contributed by atoms with van der Waals surface area (Å²) in [6.45, 7) is 0. The van der Waals surface area contributed by atoms with Gasteiger partial charge in [-0.15, -0.1) is 0 Å². The molecule has 0 aliphatic heterocycles. The lowest BCUT2D eigenvalue weighted by atomic mass is 10.2. The fraction of sp³-hybridized carbons (Fsp3) is 0.250. The van der Waals surface area contributed by atoms with Gasteiger partial charge in [-0.05, 0) is 24.3 Å². The molecule has 0 aromatic heterocycles. The molecule has 0 heterocycles. The Balaban J connectivity index is 2.38. The molecule has 0 radical (unpaired) electrons. The molecule has 1 aromatic rings. The van der Waals surface area contributed by atoms with Crippen LogP contribution in [-0.4, -0.2) is 13.0 Å². The van der Waals surface area contributed by atoms with E-state index in [9.17, 15) is 9.18 Å². The first-order valence-corrected chi connectivity index (χ1v) is 4.78. The molecule has 0 unspecified atom stereocenters. The fourth-order valence-corrected chi connectivity index (χ4v) is 1.04. The van der Waals surface area contributed by atoms with E-state index < -0.39 is 0 Å². The molecule has 1 aromatic carbocycles. The van der Waals surface area contributed by atoms with Gasteiger partial charge in [-0.2, -0.15) is 0 Å². The van der Waals surface area contributed by atoms with Crippen molar-refractivity contribution in [3.63, 3.8) is 0 Å². The summed E-state index contributed by atoms with van der Waals surface area (Å²) < 4.78 is 12.6. The summed E-state index contributed by atoms with van der Waals surface area (Å²) in [5, 5.41) is 0. The molecule has 0 spiro atoms. The summed E-state index contributed by atoms with van der Waals surface area (Å²) in [5.41, 5.74) is 2.93. The van der Waals surface area contributed by atoms with Gasteiger partial charge in [-0.1, -0.05) is 11.8 Å². The van der Waals surface area contributed by atoms with Crippen LogP contribution in [0.2, 0.25) is 0 Å². The fourth-order valence-electron chi connectivity index (χ4n) is 1.04. The first-order chi connectivity index (χ1) is 7.72. The number of benzene rings is 1. The SMILES string of the molecule is CONC(=O)CCC#Cc1ccc(F)cc1. The van der Waals surface area contributed by atoms with Gasteiger partial charge in [0.25, 0.3) is 0 Å². The van der Waals surface area contributed by atoms with E-state index in [0.717, 1.165) is 5.56 Å². The van der Waals surface area contributed by atoms with Crippen LogP contribution in [0.3, 0.4) is 0 Å². The zero-order valence-corrected chi connectivity index (χ0v) is 8.92. The summed E-state index contributed by atoms with van der Waals surface area (Å²) in [4.78, 5) is 15.4. The van der Waals surface area contributed by atoms with E-state index >= 15 is 0 Å². The van der Waals surface area contributed by atoms with Crippen molar-refractivity contribution in [1.29, 1.82) is 0 Å². The van der Waals surface area contributed by atoms with Gasteiger partial charge in [-0.3, -0.25) is 9.63 Å². The maximum Gasteiger partial charge on any atom is 0.244 e. The highest BCUT2D eigenvalue weighted by molar-refractivity contribution is 5.75. The van der Waals surface area contributed by atoms with Crippen LogP contribution >= 0.6 is 0 Å². The molecule has 1 N–H and O–H groups in total. The van der Waals surface area contributed by atoms with Gasteiger partial charge in [0.1, 0.15) is 5.82 Å². The number of hydrogen-bond donors (Lipinski definition) is 1. The summed E-state index contributed by atoms with van der Waals surface area (Å²) >= 11 is 0. The maximum atomic E-state index is 12.6. The monoisotopic (exact) mass is 221 g/mol. The first-order valence-electron chi connectivity index (χ1n) is 4.78. The first kappa shape index (κ1) is 12.2. The second-order valence-corrected chi connectivity index (χ2v) is 3.04. The minimum Gasteiger partial charge on any atom is -0.277 e. The van der Waals surface area contributed by atoms with Crippen molar-refractivity contribution in [2.24, 2.45) is 0 Å². The zero-order chi connectivity index (χ0) is 11.8. The number of amides is 1. The van der Waals surface area contributed by atoms with Crippen molar-refractivity contribution in [2.45, 2.75) is 12.8 Å². The summed E-state index contributed by atoms with van der Waals surface area (Å²) in [5.74, 6) is 5.15. The number of hydroxylamine groups is 1. The summed E-state index contributed by atoms with van der Waals surface area (Å²) in [7, 11) is 1.38. The molecule has 0 saturated carbocycles. The smallest absolute Gasteiger partial charge is 0.244 e. The predicted octanol–water partition coefficient (Wildman–Crippen LogP) is 1.64. The van der Waals surface area contributed by atoms with Crippen molar-refractivity contribution in [3.8, 4) is 11.8 Å². The third-order valence-electron chi connectivity index (χ3n) is 1.77. The van der Waals surface area contributed by atoms with Gasteiger partial charge in [0, 0.05) is 18.4 Å². The van der Waals surface area contributed by atoms with Crippen LogP contribution in [0.1, 0.15) is 18.4 Å². The van der Waals surface area contributed by atoms with E-state index in [1.54, 1.807) is 12.1 Å². The number of hydrogen-bond acceptors (Lipinski definition) is 2. The molecule has 0 aliphatic carbocycles. The number of nitrogens with one attached hydrogen (secondary N) is 1. The van der Waals surface area contributed by atoms with Gasteiger partial charge in [-0.25, -0.2) is 9.87 Å². The van der Waals surface area contributed by atoms with Gasteiger partial charge >= 0.3 is 0 Å². The highest BCUT2D eigenvalue weighted by Gasteiger charge is 1.96. The Labute approximate surface area is 93.6 Å².